The fourth-order valence-electron chi connectivity index (χ4n) is 5.29. The summed E-state index contributed by atoms with van der Waals surface area (Å²) in [5, 5.41) is 14.1. The second-order valence-corrected chi connectivity index (χ2v) is 16.7. The van der Waals surface area contributed by atoms with E-state index in [4.69, 9.17) is 9.47 Å². The first-order valence-corrected chi connectivity index (χ1v) is 25.4. The Balaban J connectivity index is 4.62. The van der Waals surface area contributed by atoms with Crippen LogP contribution in [0, 0.1) is 0 Å². The molecule has 0 aromatic heterocycles. The molecule has 0 spiro atoms. The van der Waals surface area contributed by atoms with Crippen molar-refractivity contribution in [3.8, 4) is 0 Å². The second-order valence-electron chi connectivity index (χ2n) is 13.3. The van der Waals surface area contributed by atoms with Crippen molar-refractivity contribution < 1.29 is 43.0 Å². The lowest BCUT2D eigenvalue weighted by Crippen LogP contribution is -2.49. The Labute approximate surface area is 338 Å². The van der Waals surface area contributed by atoms with E-state index in [1.807, 2.05) is 0 Å². The molecule has 0 saturated heterocycles. The van der Waals surface area contributed by atoms with Crippen LogP contribution in [-0.4, -0.2) is 137 Å². The molecule has 19 heteroatoms. The van der Waals surface area contributed by atoms with Crippen LogP contribution in [-0.2, 0) is 19.1 Å². The van der Waals surface area contributed by atoms with Crippen LogP contribution in [0.1, 0.15) is 89.9 Å². The van der Waals surface area contributed by atoms with Gasteiger partial charge in [0.25, 0.3) is 0 Å². The number of hydrogen-bond acceptors (Lipinski definition) is 10. The van der Waals surface area contributed by atoms with Crippen LogP contribution in [0.25, 0.3) is 0 Å². The fourth-order valence-corrected chi connectivity index (χ4v) is 6.79. The van der Waals surface area contributed by atoms with Crippen LogP contribution in [0.15, 0.2) is 17.6 Å². The van der Waals surface area contributed by atoms with Crippen molar-refractivity contribution in [1.82, 2.24) is 36.4 Å². The number of ether oxygens (including phenoxy) is 2. The van der Waals surface area contributed by atoms with Gasteiger partial charge in [0.15, 0.2) is 0 Å². The number of rotatable bonds is 33. The molecule has 320 valence electrons. The van der Waals surface area contributed by atoms with Gasteiger partial charge in [-0.1, -0.05) is 70.3 Å². The van der Waals surface area contributed by atoms with Crippen LogP contribution in [0.4, 0.5) is 24.0 Å². The molecule has 0 heterocycles. The van der Waals surface area contributed by atoms with E-state index < -0.39 is 36.2 Å². The molecule has 0 unspecified atom stereocenters. The molecule has 0 bridgehead atoms. The van der Waals surface area contributed by atoms with Gasteiger partial charge >= 0.3 is 36.2 Å². The molecule has 0 aromatic rings. The van der Waals surface area contributed by atoms with Crippen LogP contribution in [0.2, 0.25) is 25.2 Å². The van der Waals surface area contributed by atoms with Gasteiger partial charge in [-0.2, -0.15) is 0 Å². The minimum absolute atomic E-state index is 0.0432. The summed E-state index contributed by atoms with van der Waals surface area (Å²) < 4.78 is 9.65. The van der Waals surface area contributed by atoms with E-state index in [-0.39, 0.29) is 38.8 Å². The van der Waals surface area contributed by atoms with E-state index in [1.54, 1.807) is 0 Å². The summed E-state index contributed by atoms with van der Waals surface area (Å²) in [6.45, 7) is 10.9. The average Bonchev–Trinajstić information content (AvgIpc) is 3.19. The molecule has 17 nitrogen and oxygen atoms in total. The smallest absolute Gasteiger partial charge is 0.407 e. The largest absolute Gasteiger partial charge is 0.459 e. The van der Waals surface area contributed by atoms with Gasteiger partial charge in [0.05, 0.1) is 6.54 Å². The number of nitrogens with zero attached hydrogens (tertiary/aromatic N) is 3. The zero-order valence-electron chi connectivity index (χ0n) is 34.1. The number of carbonyl (C=O) groups is 6. The first-order valence-electron chi connectivity index (χ1n) is 20.6. The Bertz CT molecular complexity index is 1180. The monoisotopic (exact) mass is 826 g/mol. The van der Waals surface area contributed by atoms with Gasteiger partial charge in [-0.25, -0.2) is 48.4 Å². The fraction of sp³-hybridized carbons (Fsp3) is 0.757. The highest BCUT2D eigenvalue weighted by molar-refractivity contribution is 6.33. The lowest BCUT2D eigenvalue weighted by atomic mass is 10.2. The highest BCUT2D eigenvalue weighted by Gasteiger charge is 2.22. The molecule has 0 aromatic carbocycles. The summed E-state index contributed by atoms with van der Waals surface area (Å²) in [4.78, 5) is 90.7. The number of alkyl carbamates (subject to hydrolysis) is 1. The molecule has 0 aliphatic carbocycles. The predicted molar refractivity (Wildman–Crippen MR) is 224 cm³/mol. The van der Waals surface area contributed by atoms with Crippen LogP contribution >= 0.6 is 0 Å². The average molecular weight is 827 g/mol. The molecule has 0 radical (unpaired) electrons. The van der Waals surface area contributed by atoms with Gasteiger partial charge in [-0.05, 0) is 51.4 Å². The van der Waals surface area contributed by atoms with Gasteiger partial charge in [0, 0.05) is 70.9 Å². The van der Waals surface area contributed by atoms with Gasteiger partial charge in [0.1, 0.15) is 13.2 Å². The number of carbonyl (C=O) groups excluding carboxylic acids is 7. The minimum Gasteiger partial charge on any atom is -0.459 e. The van der Waals surface area contributed by atoms with Crippen molar-refractivity contribution in [1.29, 1.82) is 0 Å². The van der Waals surface area contributed by atoms with E-state index in [2.05, 4.69) is 51.2 Å². The van der Waals surface area contributed by atoms with Gasteiger partial charge in [-0.3, -0.25) is 0 Å². The predicted octanol–water partition coefficient (Wildman–Crippen LogP) is 3.95. The first kappa shape index (κ1) is 51.8. The van der Waals surface area contributed by atoms with Crippen LogP contribution < -0.4 is 26.6 Å². The van der Waals surface area contributed by atoms with Crippen molar-refractivity contribution in [3.63, 3.8) is 0 Å². The van der Waals surface area contributed by atoms with Crippen molar-refractivity contribution in [2.75, 3.05) is 65.6 Å². The van der Waals surface area contributed by atoms with E-state index in [9.17, 15) is 33.6 Å². The van der Waals surface area contributed by atoms with E-state index >= 15 is 0 Å². The van der Waals surface area contributed by atoms with Gasteiger partial charge in [0.2, 0.25) is 6.08 Å². The maximum Gasteiger partial charge on any atom is 0.407 e. The molecule has 5 N–H and O–H groups in total. The molecule has 0 rings (SSSR count). The molecule has 0 saturated carbocycles. The van der Waals surface area contributed by atoms with E-state index in [0.29, 0.717) is 71.5 Å². The SMILES string of the molecule is C=CC(=O)OCCOC(=O)NCCCCCCNC(=O)N(CCCCCCNC(=O)N(CCCCCCN=C=O)C(=O)NCCC[SiH2]C)C(=O)NCCC[SiH2]C. The molecular formula is C37H70N8O9Si2. The molecule has 0 fully saturated rings. The van der Waals surface area contributed by atoms with Crippen LogP contribution in [0.3, 0.4) is 0 Å². The molecule has 0 atom stereocenters. The summed E-state index contributed by atoms with van der Waals surface area (Å²) in [6, 6.07) is 0.584. The Morgan fingerprint density at radius 3 is 1.39 bits per heavy atom. The number of hydrogen-bond donors (Lipinski definition) is 5. The maximum absolute atomic E-state index is 13.0. The Morgan fingerprint density at radius 1 is 0.571 bits per heavy atom. The van der Waals surface area contributed by atoms with E-state index in [1.165, 1.54) is 15.9 Å². The number of unbranched alkanes of at least 4 members (excludes halogenated alkanes) is 9. The standard InChI is InChI=1S/C37H70N8O9Si2/c1-4-32(47)53-27-28-54-37(52)43-22-14-6-5-12-20-39-33(48)45(36(51)42-24-18-30-56-3)26-16-10-8-13-21-40-34(49)44(35(50)41-23-17-29-55-2)25-15-9-7-11-19-38-31-46/h4H,1,5-30,55-56H2,2-3H3,(H,39,48)(H,40,49)(H,41,50)(H,42,51)(H,43,52). The molecule has 9 amide bonds. The minimum atomic E-state index is -0.588. The third-order valence-corrected chi connectivity index (χ3v) is 10.9. The van der Waals surface area contributed by atoms with Crippen molar-refractivity contribution in [3.05, 3.63) is 12.7 Å². The molecule has 56 heavy (non-hydrogen) atoms. The quantitative estimate of drug-likeness (QED) is 0.0161. The lowest BCUT2D eigenvalue weighted by molar-refractivity contribution is -0.138. The third kappa shape index (κ3) is 30.0. The number of aliphatic imine (C=N–C) groups is 1. The lowest BCUT2D eigenvalue weighted by Gasteiger charge is -2.22. The first-order chi connectivity index (χ1) is 27.2. The summed E-state index contributed by atoms with van der Waals surface area (Å²) >= 11 is 0. The number of urea groups is 4. The summed E-state index contributed by atoms with van der Waals surface area (Å²) in [5.74, 6) is -0.581. The van der Waals surface area contributed by atoms with Crippen molar-refractivity contribution in [2.45, 2.75) is 115 Å². The highest BCUT2D eigenvalue weighted by Crippen LogP contribution is 2.06. The zero-order chi connectivity index (χ0) is 41.5. The summed E-state index contributed by atoms with van der Waals surface area (Å²) in [7, 11) is -0.184. The molecular weight excluding hydrogens is 757 g/mol. The topological polar surface area (TPSA) is 217 Å². The normalized spacial score (nSPS) is 10.8. The third-order valence-electron chi connectivity index (χ3n) is 8.52. The number of nitrogens with one attached hydrogen (secondary N) is 5. The van der Waals surface area contributed by atoms with Gasteiger partial charge in [-0.15, -0.1) is 0 Å². The van der Waals surface area contributed by atoms with E-state index in [0.717, 1.165) is 82.4 Å². The molecule has 0 aliphatic heterocycles. The van der Waals surface area contributed by atoms with Gasteiger partial charge < -0.3 is 36.1 Å². The van der Waals surface area contributed by atoms with Crippen molar-refractivity contribution in [2.24, 2.45) is 4.99 Å². The highest BCUT2D eigenvalue weighted by atomic mass is 28.2. The Hall–Kier alpha value is -4.23. The number of esters is 1. The summed E-state index contributed by atoms with van der Waals surface area (Å²) in [5.41, 5.74) is 0. The van der Waals surface area contributed by atoms with Crippen molar-refractivity contribution >= 4 is 61.3 Å². The number of imide groups is 2. The second kappa shape index (κ2) is 37.7. The van der Waals surface area contributed by atoms with Crippen LogP contribution in [0.5, 0.6) is 0 Å². The zero-order valence-corrected chi connectivity index (χ0v) is 36.9. The molecule has 0 aliphatic rings. The Kier molecular flexibility index (Phi) is 34.8. The summed E-state index contributed by atoms with van der Waals surface area (Å²) in [6.07, 6.45) is 12.7. The number of isocyanates is 1. The number of amides is 9. The Morgan fingerprint density at radius 2 is 0.964 bits per heavy atom. The maximum atomic E-state index is 13.0.